The number of rotatable bonds is 3. The number of carbonyl (C=O) groups excluding carboxylic acids is 2. The molecule has 4 aromatic rings. The summed E-state index contributed by atoms with van der Waals surface area (Å²) in [6.07, 6.45) is 0. The van der Waals surface area contributed by atoms with Gasteiger partial charge in [0.25, 0.3) is 5.78 Å². The van der Waals surface area contributed by atoms with Gasteiger partial charge in [-0.2, -0.15) is 0 Å². The molecule has 1 atom stereocenters. The Kier molecular flexibility index (Phi) is 5.49. The minimum Gasteiger partial charge on any atom is -0.507 e. The normalized spacial score (nSPS) is 17.8. The smallest absolute Gasteiger partial charge is 0.301 e. The van der Waals surface area contributed by atoms with Gasteiger partial charge in [0, 0.05) is 9.13 Å². The minimum absolute atomic E-state index is 0.00417. The van der Waals surface area contributed by atoms with Crippen LogP contribution in [0.2, 0.25) is 0 Å². The molecule has 5 rings (SSSR count). The third-order valence-electron chi connectivity index (χ3n) is 5.50. The number of anilines is 1. The Bertz CT molecular complexity index is 1450. The van der Waals surface area contributed by atoms with Crippen molar-refractivity contribution in [3.8, 4) is 0 Å². The first-order chi connectivity index (χ1) is 15.8. The van der Waals surface area contributed by atoms with Gasteiger partial charge in [0.1, 0.15) is 11.6 Å². The van der Waals surface area contributed by atoms with Crippen molar-refractivity contribution in [1.29, 1.82) is 0 Å². The molecule has 0 radical (unpaired) electrons. The quantitative estimate of drug-likeness (QED) is 0.143. The summed E-state index contributed by atoms with van der Waals surface area (Å²) in [4.78, 5) is 32.2. The Morgan fingerprint density at radius 2 is 1.76 bits per heavy atom. The van der Waals surface area contributed by atoms with Crippen molar-refractivity contribution in [1.82, 2.24) is 4.98 Å². The van der Waals surface area contributed by atoms with E-state index in [2.05, 4.69) is 27.6 Å². The van der Waals surface area contributed by atoms with E-state index >= 15 is 0 Å². The van der Waals surface area contributed by atoms with E-state index in [1.54, 1.807) is 12.1 Å². The highest BCUT2D eigenvalue weighted by molar-refractivity contribution is 14.1. The number of nitrogens with zero attached hydrogens (tertiary/aromatic N) is 2. The second kappa shape index (κ2) is 8.35. The molecule has 0 saturated carbocycles. The van der Waals surface area contributed by atoms with Gasteiger partial charge in [-0.1, -0.05) is 53.3 Å². The van der Waals surface area contributed by atoms with Crippen LogP contribution in [0.4, 0.5) is 9.52 Å². The molecule has 1 aromatic heterocycles. The zero-order valence-electron chi connectivity index (χ0n) is 17.3. The van der Waals surface area contributed by atoms with Gasteiger partial charge >= 0.3 is 5.91 Å². The maximum absolute atomic E-state index is 13.7. The summed E-state index contributed by atoms with van der Waals surface area (Å²) in [5, 5.41) is 11.4. The monoisotopic (exact) mass is 570 g/mol. The maximum Gasteiger partial charge on any atom is 0.301 e. The zero-order chi connectivity index (χ0) is 23.3. The van der Waals surface area contributed by atoms with E-state index < -0.39 is 23.5 Å². The molecule has 1 N–H and O–H groups in total. The molecule has 164 valence electrons. The van der Waals surface area contributed by atoms with Crippen molar-refractivity contribution in [2.24, 2.45) is 0 Å². The predicted molar refractivity (Wildman–Crippen MR) is 135 cm³/mol. The minimum atomic E-state index is -0.867. The molecule has 0 aliphatic carbocycles. The van der Waals surface area contributed by atoms with Crippen LogP contribution < -0.4 is 4.90 Å². The third-order valence-corrected chi connectivity index (χ3v) is 7.24. The van der Waals surface area contributed by atoms with Gasteiger partial charge in [0.05, 0.1) is 21.8 Å². The second-order valence-electron chi connectivity index (χ2n) is 7.70. The Labute approximate surface area is 206 Å². The maximum atomic E-state index is 13.7. The van der Waals surface area contributed by atoms with Crippen molar-refractivity contribution >= 4 is 66.7 Å². The number of hydrogen-bond acceptors (Lipinski definition) is 5. The standard InChI is InChI=1S/C25H16FIN2O3S/c1-13-2-4-15(5-3-13)22(30)20-21(14-6-9-17(27)10-7-14)29(24(32)23(20)31)25-28-18-11-8-16(26)12-19(18)33-25/h2-12,21,30H,1H3. The highest BCUT2D eigenvalue weighted by Gasteiger charge is 2.48. The fourth-order valence-electron chi connectivity index (χ4n) is 3.85. The first-order valence-corrected chi connectivity index (χ1v) is 11.9. The van der Waals surface area contributed by atoms with Gasteiger partial charge in [-0.05, 0) is 65.4 Å². The molecule has 1 fully saturated rings. The third kappa shape index (κ3) is 3.83. The summed E-state index contributed by atoms with van der Waals surface area (Å²) in [5.41, 5.74) is 2.63. The molecule has 2 heterocycles. The van der Waals surface area contributed by atoms with E-state index in [1.807, 2.05) is 43.3 Å². The molecule has 0 spiro atoms. The number of carbonyl (C=O) groups is 2. The van der Waals surface area contributed by atoms with Crippen molar-refractivity contribution in [2.75, 3.05) is 4.90 Å². The van der Waals surface area contributed by atoms with Gasteiger partial charge < -0.3 is 5.11 Å². The Morgan fingerprint density at radius 1 is 1.06 bits per heavy atom. The highest BCUT2D eigenvalue weighted by atomic mass is 127. The number of aromatic nitrogens is 1. The molecule has 1 unspecified atom stereocenters. The van der Waals surface area contributed by atoms with E-state index in [0.717, 1.165) is 20.5 Å². The van der Waals surface area contributed by atoms with Crippen LogP contribution in [-0.2, 0) is 9.59 Å². The number of benzene rings is 3. The molecule has 3 aromatic carbocycles. The van der Waals surface area contributed by atoms with Crippen molar-refractivity contribution in [3.63, 3.8) is 0 Å². The number of Topliss-reactive ketones (excluding diaryl/α,β-unsaturated/α-hetero) is 1. The fraction of sp³-hybridized carbons (Fsp3) is 0.0800. The van der Waals surface area contributed by atoms with E-state index in [9.17, 15) is 19.1 Å². The summed E-state index contributed by atoms with van der Waals surface area (Å²) in [7, 11) is 0. The van der Waals surface area contributed by atoms with E-state index in [1.165, 1.54) is 23.1 Å². The fourth-order valence-corrected chi connectivity index (χ4v) is 5.22. The number of aryl methyl sites for hydroxylation is 1. The number of thiazole rings is 1. The molecule has 5 nitrogen and oxygen atoms in total. The largest absolute Gasteiger partial charge is 0.507 e. The topological polar surface area (TPSA) is 70.5 Å². The van der Waals surface area contributed by atoms with Crippen LogP contribution in [0.3, 0.4) is 0 Å². The van der Waals surface area contributed by atoms with Crippen LogP contribution >= 0.6 is 33.9 Å². The average molecular weight is 570 g/mol. The van der Waals surface area contributed by atoms with Gasteiger partial charge in [0.2, 0.25) is 0 Å². The molecular formula is C25H16FIN2O3S. The molecular weight excluding hydrogens is 554 g/mol. The molecule has 0 bridgehead atoms. The first-order valence-electron chi connectivity index (χ1n) is 10.0. The molecule has 1 aliphatic rings. The average Bonchev–Trinajstić information content (AvgIpc) is 3.32. The van der Waals surface area contributed by atoms with E-state index in [0.29, 0.717) is 21.3 Å². The highest BCUT2D eigenvalue weighted by Crippen LogP contribution is 2.44. The van der Waals surface area contributed by atoms with Crippen LogP contribution in [0.5, 0.6) is 0 Å². The Balaban J connectivity index is 1.73. The van der Waals surface area contributed by atoms with Crippen LogP contribution in [0.15, 0.2) is 72.3 Å². The summed E-state index contributed by atoms with van der Waals surface area (Å²) in [6, 6.07) is 17.8. The zero-order valence-corrected chi connectivity index (χ0v) is 20.2. The van der Waals surface area contributed by atoms with Crippen LogP contribution in [0.25, 0.3) is 16.0 Å². The lowest BCUT2D eigenvalue weighted by atomic mass is 9.95. The van der Waals surface area contributed by atoms with Crippen molar-refractivity contribution in [2.45, 2.75) is 13.0 Å². The van der Waals surface area contributed by atoms with Gasteiger partial charge in [-0.3, -0.25) is 14.5 Å². The number of aliphatic hydroxyl groups is 1. The summed E-state index contributed by atoms with van der Waals surface area (Å²) in [5.74, 6) is -2.23. The number of ketones is 1. The van der Waals surface area contributed by atoms with Crippen LogP contribution in [-0.4, -0.2) is 21.8 Å². The SMILES string of the molecule is Cc1ccc(C(O)=C2C(=O)C(=O)N(c3nc4ccc(F)cc4s3)C2c2ccc(I)cc2)cc1. The van der Waals surface area contributed by atoms with Crippen molar-refractivity contribution < 1.29 is 19.1 Å². The number of aliphatic hydroxyl groups excluding tert-OH is 1. The second-order valence-corrected chi connectivity index (χ2v) is 9.95. The summed E-state index contributed by atoms with van der Waals surface area (Å²) in [6.45, 7) is 1.92. The van der Waals surface area contributed by atoms with Gasteiger partial charge in [-0.25, -0.2) is 9.37 Å². The van der Waals surface area contributed by atoms with E-state index in [4.69, 9.17) is 0 Å². The Hall–Kier alpha value is -3.11. The molecule has 8 heteroatoms. The van der Waals surface area contributed by atoms with Crippen LogP contribution in [0, 0.1) is 16.3 Å². The molecule has 33 heavy (non-hydrogen) atoms. The lowest BCUT2D eigenvalue weighted by molar-refractivity contribution is -0.132. The number of hydrogen-bond donors (Lipinski definition) is 1. The van der Waals surface area contributed by atoms with E-state index in [-0.39, 0.29) is 16.5 Å². The number of fused-ring (bicyclic) bond motifs is 1. The lowest BCUT2D eigenvalue weighted by Crippen LogP contribution is -2.29. The Morgan fingerprint density at radius 3 is 2.45 bits per heavy atom. The predicted octanol–water partition coefficient (Wildman–Crippen LogP) is 5.97. The number of halogens is 2. The van der Waals surface area contributed by atoms with Gasteiger partial charge in [0.15, 0.2) is 5.13 Å². The van der Waals surface area contributed by atoms with Crippen molar-refractivity contribution in [3.05, 3.63) is 98.4 Å². The van der Waals surface area contributed by atoms with Crippen LogP contribution in [0.1, 0.15) is 22.7 Å². The summed E-state index contributed by atoms with van der Waals surface area (Å²) < 4.78 is 15.3. The molecule has 1 amide bonds. The van der Waals surface area contributed by atoms with Gasteiger partial charge in [-0.15, -0.1) is 0 Å². The summed E-state index contributed by atoms with van der Waals surface area (Å²) >= 11 is 3.30. The molecule has 1 aliphatic heterocycles. The number of amides is 1. The molecule has 1 saturated heterocycles. The first kappa shape index (κ1) is 21.7. The lowest BCUT2D eigenvalue weighted by Gasteiger charge is -2.23.